The largest absolute Gasteiger partial charge is 0.312 e. The van der Waals surface area contributed by atoms with Gasteiger partial charge in [-0.25, -0.2) is 4.39 Å². The van der Waals surface area contributed by atoms with Gasteiger partial charge < -0.3 is 5.32 Å². The Hall–Kier alpha value is -0.890. The Bertz CT molecular complexity index is 390. The summed E-state index contributed by atoms with van der Waals surface area (Å²) in [5, 5.41) is 3.49. The van der Waals surface area contributed by atoms with Crippen LogP contribution in [-0.2, 0) is 6.54 Å². The van der Waals surface area contributed by atoms with Crippen molar-refractivity contribution in [1.29, 1.82) is 0 Å². The molecule has 2 saturated carbocycles. The molecule has 3 unspecified atom stereocenters. The van der Waals surface area contributed by atoms with Gasteiger partial charge in [-0.2, -0.15) is 0 Å². The third-order valence-electron chi connectivity index (χ3n) is 4.51. The molecule has 3 rings (SSSR count). The quantitative estimate of drug-likeness (QED) is 0.841. The third-order valence-corrected chi connectivity index (χ3v) is 4.51. The Morgan fingerprint density at radius 1 is 1.24 bits per heavy atom. The lowest BCUT2D eigenvalue weighted by atomic mass is 9.89. The fourth-order valence-corrected chi connectivity index (χ4v) is 3.68. The molecule has 2 aliphatic carbocycles. The lowest BCUT2D eigenvalue weighted by Crippen LogP contribution is -2.26. The zero-order valence-electron chi connectivity index (χ0n) is 10.2. The minimum atomic E-state index is -0.135. The first-order chi connectivity index (χ1) is 8.31. The van der Waals surface area contributed by atoms with Crippen LogP contribution in [-0.4, -0.2) is 6.54 Å². The average Bonchev–Trinajstić information content (AvgIpc) is 2.91. The monoisotopic (exact) mass is 233 g/mol. The number of benzene rings is 1. The van der Waals surface area contributed by atoms with Crippen molar-refractivity contribution in [3.05, 3.63) is 35.6 Å². The number of nitrogens with one attached hydrogen (secondary N) is 1. The van der Waals surface area contributed by atoms with Crippen LogP contribution in [0.15, 0.2) is 24.3 Å². The van der Waals surface area contributed by atoms with E-state index in [9.17, 15) is 4.39 Å². The molecule has 0 heterocycles. The van der Waals surface area contributed by atoms with E-state index in [2.05, 4.69) is 5.32 Å². The molecule has 0 amide bonds. The van der Waals surface area contributed by atoms with Crippen LogP contribution >= 0.6 is 0 Å². The first kappa shape index (κ1) is 11.2. The molecule has 3 atom stereocenters. The summed E-state index contributed by atoms with van der Waals surface area (Å²) >= 11 is 0. The van der Waals surface area contributed by atoms with Crippen molar-refractivity contribution in [3.63, 3.8) is 0 Å². The van der Waals surface area contributed by atoms with Gasteiger partial charge in [-0.05, 0) is 61.3 Å². The van der Waals surface area contributed by atoms with Crippen molar-refractivity contribution in [1.82, 2.24) is 5.32 Å². The molecule has 2 bridgehead atoms. The predicted molar refractivity (Wildman–Crippen MR) is 67.0 cm³/mol. The SMILES string of the molecule is Fc1cccc(CNCC2CC3CCC2C3)c1. The van der Waals surface area contributed by atoms with Crippen molar-refractivity contribution in [2.24, 2.45) is 17.8 Å². The van der Waals surface area contributed by atoms with Gasteiger partial charge in [0.05, 0.1) is 0 Å². The lowest BCUT2D eigenvalue weighted by molar-refractivity contribution is 0.318. The van der Waals surface area contributed by atoms with Crippen molar-refractivity contribution >= 4 is 0 Å². The minimum Gasteiger partial charge on any atom is -0.312 e. The number of hydrogen-bond donors (Lipinski definition) is 1. The Morgan fingerprint density at radius 3 is 2.88 bits per heavy atom. The van der Waals surface area contributed by atoms with Gasteiger partial charge in [0.25, 0.3) is 0 Å². The molecule has 17 heavy (non-hydrogen) atoms. The Kier molecular flexibility index (Phi) is 3.15. The summed E-state index contributed by atoms with van der Waals surface area (Å²) in [6, 6.07) is 6.88. The third kappa shape index (κ3) is 2.52. The van der Waals surface area contributed by atoms with Gasteiger partial charge in [0.2, 0.25) is 0 Å². The first-order valence-corrected chi connectivity index (χ1v) is 6.76. The fraction of sp³-hybridized carbons (Fsp3) is 0.600. The van der Waals surface area contributed by atoms with E-state index in [0.29, 0.717) is 0 Å². The molecular formula is C15H20FN. The second-order valence-electron chi connectivity index (χ2n) is 5.70. The van der Waals surface area contributed by atoms with Crippen LogP contribution in [0.4, 0.5) is 4.39 Å². The number of rotatable bonds is 4. The molecule has 2 fully saturated rings. The molecule has 1 nitrogen and oxygen atoms in total. The highest BCUT2D eigenvalue weighted by atomic mass is 19.1. The topological polar surface area (TPSA) is 12.0 Å². The zero-order chi connectivity index (χ0) is 11.7. The maximum absolute atomic E-state index is 13.0. The average molecular weight is 233 g/mol. The summed E-state index contributed by atoms with van der Waals surface area (Å²) in [6.45, 7) is 1.91. The van der Waals surface area contributed by atoms with Crippen LogP contribution in [0, 0.1) is 23.6 Å². The van der Waals surface area contributed by atoms with Crippen LogP contribution in [0.25, 0.3) is 0 Å². The molecule has 0 spiro atoms. The summed E-state index contributed by atoms with van der Waals surface area (Å²) in [4.78, 5) is 0. The Labute approximate surface area is 102 Å². The maximum atomic E-state index is 13.0. The van der Waals surface area contributed by atoms with Gasteiger partial charge in [-0.1, -0.05) is 18.6 Å². The number of halogens is 1. The Morgan fingerprint density at radius 2 is 2.18 bits per heavy atom. The standard InChI is InChI=1S/C15H20FN/c16-15-3-1-2-12(8-15)9-17-10-14-7-11-4-5-13(14)6-11/h1-3,8,11,13-14,17H,4-7,9-10H2. The molecule has 1 aromatic rings. The fourth-order valence-electron chi connectivity index (χ4n) is 3.68. The van der Waals surface area contributed by atoms with Crippen LogP contribution in [0.5, 0.6) is 0 Å². The normalized spacial score (nSPS) is 31.0. The molecular weight excluding hydrogens is 213 g/mol. The van der Waals surface area contributed by atoms with E-state index in [-0.39, 0.29) is 5.82 Å². The number of fused-ring (bicyclic) bond motifs is 2. The number of hydrogen-bond acceptors (Lipinski definition) is 1. The van der Waals surface area contributed by atoms with Crippen LogP contribution < -0.4 is 5.32 Å². The Balaban J connectivity index is 1.46. The molecule has 2 heteroatoms. The highest BCUT2D eigenvalue weighted by Gasteiger charge is 2.38. The van der Waals surface area contributed by atoms with Crippen molar-refractivity contribution < 1.29 is 4.39 Å². The van der Waals surface area contributed by atoms with Crippen LogP contribution in [0.3, 0.4) is 0 Å². The van der Waals surface area contributed by atoms with Gasteiger partial charge in [0.1, 0.15) is 5.82 Å². The van der Waals surface area contributed by atoms with Crippen molar-refractivity contribution in [2.45, 2.75) is 32.2 Å². The molecule has 1 N–H and O–H groups in total. The van der Waals surface area contributed by atoms with Gasteiger partial charge >= 0.3 is 0 Å². The summed E-state index contributed by atoms with van der Waals surface area (Å²) in [5.74, 6) is 2.73. The highest BCUT2D eigenvalue weighted by molar-refractivity contribution is 5.15. The zero-order valence-corrected chi connectivity index (χ0v) is 10.2. The minimum absolute atomic E-state index is 0.135. The van der Waals surface area contributed by atoms with Crippen LogP contribution in [0.2, 0.25) is 0 Å². The van der Waals surface area contributed by atoms with Gasteiger partial charge in [0.15, 0.2) is 0 Å². The second kappa shape index (κ2) is 4.77. The molecule has 0 radical (unpaired) electrons. The van der Waals surface area contributed by atoms with Crippen LogP contribution in [0.1, 0.15) is 31.2 Å². The summed E-state index contributed by atoms with van der Waals surface area (Å²) < 4.78 is 13.0. The summed E-state index contributed by atoms with van der Waals surface area (Å²) in [7, 11) is 0. The molecule has 92 valence electrons. The van der Waals surface area contributed by atoms with Gasteiger partial charge in [-0.15, -0.1) is 0 Å². The molecule has 0 saturated heterocycles. The highest BCUT2D eigenvalue weighted by Crippen LogP contribution is 2.47. The maximum Gasteiger partial charge on any atom is 0.123 e. The molecule has 1 aromatic carbocycles. The summed E-state index contributed by atoms with van der Waals surface area (Å²) in [6.07, 6.45) is 5.79. The molecule has 2 aliphatic rings. The molecule has 0 aliphatic heterocycles. The van der Waals surface area contributed by atoms with Gasteiger partial charge in [0, 0.05) is 6.54 Å². The van der Waals surface area contributed by atoms with E-state index < -0.39 is 0 Å². The van der Waals surface area contributed by atoms with E-state index in [4.69, 9.17) is 0 Å². The summed E-state index contributed by atoms with van der Waals surface area (Å²) in [5.41, 5.74) is 1.05. The van der Waals surface area contributed by atoms with Crippen molar-refractivity contribution in [3.8, 4) is 0 Å². The first-order valence-electron chi connectivity index (χ1n) is 6.76. The predicted octanol–water partition coefficient (Wildman–Crippen LogP) is 3.35. The lowest BCUT2D eigenvalue weighted by Gasteiger charge is -2.21. The van der Waals surface area contributed by atoms with E-state index in [1.54, 1.807) is 12.1 Å². The van der Waals surface area contributed by atoms with Crippen molar-refractivity contribution in [2.75, 3.05) is 6.54 Å². The van der Waals surface area contributed by atoms with E-state index in [1.165, 1.54) is 31.7 Å². The van der Waals surface area contributed by atoms with E-state index >= 15 is 0 Å². The van der Waals surface area contributed by atoms with E-state index in [1.807, 2.05) is 6.07 Å². The smallest absolute Gasteiger partial charge is 0.123 e. The van der Waals surface area contributed by atoms with E-state index in [0.717, 1.165) is 36.4 Å². The molecule has 0 aromatic heterocycles. The van der Waals surface area contributed by atoms with Gasteiger partial charge in [-0.3, -0.25) is 0 Å². The second-order valence-corrected chi connectivity index (χ2v) is 5.70.